The number of hydrogen-bond donors (Lipinski definition) is 2. The molecule has 3 amide bonds. The molecule has 4 aromatic carbocycles. The predicted molar refractivity (Wildman–Crippen MR) is 196 cm³/mol. The van der Waals surface area contributed by atoms with Gasteiger partial charge in [0, 0.05) is 35.2 Å². The Labute approximate surface area is 303 Å². The lowest BCUT2D eigenvalue weighted by Crippen LogP contribution is -2.48. The number of methoxy groups -OCH3 is 1. The molecule has 1 fully saturated rings. The molecule has 0 unspecified atom stereocenters. The van der Waals surface area contributed by atoms with Gasteiger partial charge in [-0.3, -0.25) is 14.4 Å². The Morgan fingerprint density at radius 3 is 2.37 bits per heavy atom. The standard InChI is InChI=1S/C42H44FN3O6/c1-26-38(41(2,3)43)36(22-37(48)45-24-30-13-9-8-12-29(30)20-32(45)25-47)52-42(26)34-21-31(44-39(49)28-14-17-33(51-4)18-15-28)16-19-35(34)46(40(42)50)23-27-10-6-5-7-11-27/h5-19,21,26,32,36,38,47H,20,22-25H2,1-4H3,(H,44,49)/t26-,32+,36+,38-,42+/m1/s1. The van der Waals surface area contributed by atoms with Gasteiger partial charge in [0.1, 0.15) is 11.4 Å². The molecule has 10 heteroatoms. The van der Waals surface area contributed by atoms with E-state index in [1.54, 1.807) is 59.4 Å². The van der Waals surface area contributed by atoms with E-state index in [-0.39, 0.29) is 37.3 Å². The molecule has 270 valence electrons. The van der Waals surface area contributed by atoms with E-state index >= 15 is 4.39 Å². The molecule has 0 aromatic heterocycles. The SMILES string of the molecule is COc1ccc(C(=O)Nc2ccc3c(c2)[C@]2(O[C@@H](CC(=O)N4Cc5ccccc5C[C@H]4CO)[C@H](C(C)(C)F)[C@H]2C)C(=O)N3Cc2ccccc2)cc1. The number of nitrogens with one attached hydrogen (secondary N) is 1. The molecule has 2 N–H and O–H groups in total. The van der Waals surface area contributed by atoms with Crippen LogP contribution < -0.4 is 15.0 Å². The van der Waals surface area contributed by atoms with Crippen LogP contribution in [0.2, 0.25) is 0 Å². The number of fused-ring (bicyclic) bond motifs is 3. The molecule has 52 heavy (non-hydrogen) atoms. The third kappa shape index (κ3) is 6.24. The second kappa shape index (κ2) is 13.8. The normalized spacial score (nSPS) is 23.8. The molecule has 7 rings (SSSR count). The second-order valence-corrected chi connectivity index (χ2v) is 14.6. The minimum atomic E-state index is -1.83. The van der Waals surface area contributed by atoms with E-state index in [1.165, 1.54) is 13.8 Å². The summed E-state index contributed by atoms with van der Waals surface area (Å²) in [4.78, 5) is 45.7. The van der Waals surface area contributed by atoms with Crippen molar-refractivity contribution >= 4 is 29.1 Å². The maximum Gasteiger partial charge on any atom is 0.264 e. The van der Waals surface area contributed by atoms with Crippen LogP contribution in [0.1, 0.15) is 59.8 Å². The number of anilines is 2. The summed E-state index contributed by atoms with van der Waals surface area (Å²) >= 11 is 0. The van der Waals surface area contributed by atoms with Gasteiger partial charge in [0.05, 0.1) is 44.5 Å². The lowest BCUT2D eigenvalue weighted by Gasteiger charge is -2.37. The average Bonchev–Trinajstić information content (AvgIpc) is 3.57. The van der Waals surface area contributed by atoms with Crippen LogP contribution in [-0.4, -0.2) is 59.3 Å². The van der Waals surface area contributed by atoms with Crippen LogP contribution in [0.25, 0.3) is 0 Å². The molecule has 0 aliphatic carbocycles. The van der Waals surface area contributed by atoms with E-state index in [9.17, 15) is 19.5 Å². The topological polar surface area (TPSA) is 108 Å². The summed E-state index contributed by atoms with van der Waals surface area (Å²) in [6.07, 6.45) is -0.615. The van der Waals surface area contributed by atoms with Crippen molar-refractivity contribution in [1.29, 1.82) is 0 Å². The number of ether oxygens (including phenoxy) is 2. The third-order valence-electron chi connectivity index (χ3n) is 11.0. The summed E-state index contributed by atoms with van der Waals surface area (Å²) < 4.78 is 28.6. The van der Waals surface area contributed by atoms with Crippen LogP contribution in [0.4, 0.5) is 15.8 Å². The quantitative estimate of drug-likeness (QED) is 0.208. The maximum absolute atomic E-state index is 16.5. The number of carbonyl (C=O) groups is 3. The van der Waals surface area contributed by atoms with Crippen LogP contribution in [0.3, 0.4) is 0 Å². The Morgan fingerprint density at radius 2 is 1.69 bits per heavy atom. The van der Waals surface area contributed by atoms with Gasteiger partial charge < -0.3 is 29.7 Å². The van der Waals surface area contributed by atoms with Crippen molar-refractivity contribution < 1.29 is 33.4 Å². The summed E-state index contributed by atoms with van der Waals surface area (Å²) in [5, 5.41) is 13.2. The fourth-order valence-electron chi connectivity index (χ4n) is 8.53. The summed E-state index contributed by atoms with van der Waals surface area (Å²) in [5.41, 5.74) is 1.49. The Kier molecular flexibility index (Phi) is 9.39. The first kappa shape index (κ1) is 35.3. The number of halogens is 1. The fraction of sp³-hybridized carbons (Fsp3) is 0.357. The Morgan fingerprint density at radius 1 is 1.00 bits per heavy atom. The van der Waals surface area contributed by atoms with Crippen LogP contribution in [0.5, 0.6) is 5.75 Å². The molecule has 5 atom stereocenters. The van der Waals surface area contributed by atoms with Gasteiger partial charge in [-0.2, -0.15) is 0 Å². The molecule has 3 aliphatic heterocycles. The predicted octanol–water partition coefficient (Wildman–Crippen LogP) is 6.42. The minimum Gasteiger partial charge on any atom is -0.497 e. The first-order valence-electron chi connectivity index (χ1n) is 17.7. The zero-order chi connectivity index (χ0) is 36.8. The first-order chi connectivity index (χ1) is 24.9. The highest BCUT2D eigenvalue weighted by atomic mass is 19.1. The molecule has 4 aromatic rings. The molecule has 1 saturated heterocycles. The smallest absolute Gasteiger partial charge is 0.264 e. The maximum atomic E-state index is 16.5. The molecular weight excluding hydrogens is 661 g/mol. The van der Waals surface area contributed by atoms with Gasteiger partial charge in [0.15, 0.2) is 5.60 Å². The Bertz CT molecular complexity index is 1980. The van der Waals surface area contributed by atoms with Crippen molar-refractivity contribution in [3.05, 3.63) is 125 Å². The molecule has 3 aliphatic rings. The van der Waals surface area contributed by atoms with Crippen molar-refractivity contribution in [2.75, 3.05) is 23.9 Å². The van der Waals surface area contributed by atoms with Gasteiger partial charge in [-0.1, -0.05) is 61.5 Å². The second-order valence-electron chi connectivity index (χ2n) is 14.6. The zero-order valence-electron chi connectivity index (χ0n) is 29.8. The van der Waals surface area contributed by atoms with E-state index in [4.69, 9.17) is 9.47 Å². The van der Waals surface area contributed by atoms with Crippen LogP contribution in [0.15, 0.2) is 97.1 Å². The van der Waals surface area contributed by atoms with E-state index in [0.717, 1.165) is 16.7 Å². The Balaban J connectivity index is 1.25. The number of nitrogens with zero attached hydrogens (tertiary/aromatic N) is 2. The Hall–Kier alpha value is -5.06. The van der Waals surface area contributed by atoms with Crippen LogP contribution >= 0.6 is 0 Å². The summed E-state index contributed by atoms with van der Waals surface area (Å²) in [6, 6.07) is 29.0. The van der Waals surface area contributed by atoms with Crippen LogP contribution in [0, 0.1) is 11.8 Å². The van der Waals surface area contributed by atoms with Gasteiger partial charge in [0.2, 0.25) is 5.91 Å². The van der Waals surface area contributed by atoms with Crippen molar-refractivity contribution in [2.45, 2.75) is 70.1 Å². The molecule has 1 spiro atoms. The largest absolute Gasteiger partial charge is 0.497 e. The van der Waals surface area contributed by atoms with Crippen molar-refractivity contribution in [3.8, 4) is 5.75 Å². The average molecular weight is 706 g/mol. The number of hydrogen-bond acceptors (Lipinski definition) is 6. The molecule has 3 heterocycles. The molecular formula is C42H44FN3O6. The number of aliphatic hydroxyl groups excluding tert-OH is 1. The molecule has 9 nitrogen and oxygen atoms in total. The minimum absolute atomic E-state index is 0.169. The highest BCUT2D eigenvalue weighted by Gasteiger charge is 2.66. The van der Waals surface area contributed by atoms with E-state index in [0.29, 0.717) is 41.2 Å². The lowest BCUT2D eigenvalue weighted by atomic mass is 9.71. The lowest BCUT2D eigenvalue weighted by molar-refractivity contribution is -0.151. The number of alkyl halides is 1. The zero-order valence-corrected chi connectivity index (χ0v) is 29.8. The van der Waals surface area contributed by atoms with Crippen LogP contribution in [-0.2, 0) is 39.4 Å². The number of rotatable bonds is 9. The molecule has 0 saturated carbocycles. The number of carbonyl (C=O) groups excluding carboxylic acids is 3. The number of aliphatic hydroxyl groups is 1. The van der Waals surface area contributed by atoms with E-state index < -0.39 is 35.3 Å². The van der Waals surface area contributed by atoms with Gasteiger partial charge in [-0.05, 0) is 79.4 Å². The van der Waals surface area contributed by atoms with E-state index in [1.807, 2.05) is 61.5 Å². The van der Waals surface area contributed by atoms with E-state index in [2.05, 4.69) is 5.32 Å². The third-order valence-corrected chi connectivity index (χ3v) is 11.0. The van der Waals surface area contributed by atoms with Crippen molar-refractivity contribution in [3.63, 3.8) is 0 Å². The van der Waals surface area contributed by atoms with Crippen molar-refractivity contribution in [1.82, 2.24) is 4.90 Å². The highest BCUT2D eigenvalue weighted by molar-refractivity contribution is 6.09. The first-order valence-corrected chi connectivity index (χ1v) is 17.7. The van der Waals surface area contributed by atoms with Gasteiger partial charge in [0.25, 0.3) is 11.8 Å². The monoisotopic (exact) mass is 705 g/mol. The van der Waals surface area contributed by atoms with Gasteiger partial charge in [-0.25, -0.2) is 4.39 Å². The van der Waals surface area contributed by atoms with Crippen molar-refractivity contribution in [2.24, 2.45) is 11.8 Å². The summed E-state index contributed by atoms with van der Waals surface area (Å²) in [7, 11) is 1.55. The number of benzene rings is 4. The molecule has 0 bridgehead atoms. The number of amides is 3. The summed E-state index contributed by atoms with van der Waals surface area (Å²) in [5.74, 6) is -1.88. The molecule has 0 radical (unpaired) electrons. The van der Waals surface area contributed by atoms with Gasteiger partial charge in [-0.15, -0.1) is 0 Å². The van der Waals surface area contributed by atoms with Gasteiger partial charge >= 0.3 is 0 Å². The highest BCUT2D eigenvalue weighted by Crippen LogP contribution is 2.59. The fourth-order valence-corrected chi connectivity index (χ4v) is 8.53. The summed E-state index contributed by atoms with van der Waals surface area (Å²) in [6.45, 7) is 5.11.